The highest BCUT2D eigenvalue weighted by atomic mass is 32.2. The molecule has 1 aliphatic rings. The number of methoxy groups -OCH3 is 1. The number of pyridine rings is 1. The van der Waals surface area contributed by atoms with Crippen LogP contribution >= 0.6 is 68.0 Å². The number of carbonyl (C=O) groups excluding carboxylic acids is 5. The number of thiazole rings is 6. The summed E-state index contributed by atoms with van der Waals surface area (Å²) < 4.78 is 31.9. The molecule has 1 aromatic carbocycles. The van der Waals surface area contributed by atoms with Crippen molar-refractivity contribution in [2.45, 2.75) is 58.0 Å². The summed E-state index contributed by atoms with van der Waals surface area (Å²) in [6.45, 7) is 4.95. The fraction of sp³-hybridized carbons (Fsp3) is 0.292. The van der Waals surface area contributed by atoms with E-state index in [9.17, 15) is 37.5 Å². The molecule has 10 bridgehead atoms. The van der Waals surface area contributed by atoms with Crippen LogP contribution in [0.4, 0.5) is 5.82 Å². The van der Waals surface area contributed by atoms with E-state index in [0.717, 1.165) is 28.9 Å². The average molecular weight is 1170 g/mol. The minimum Gasteiger partial charge on any atom is -0.386 e. The van der Waals surface area contributed by atoms with E-state index in [0.29, 0.717) is 68.7 Å². The van der Waals surface area contributed by atoms with Crippen LogP contribution in [-0.2, 0) is 31.0 Å². The summed E-state index contributed by atoms with van der Waals surface area (Å²) in [5.74, 6) is -3.02. The number of aryl methyl sites for hydroxylation is 1. The zero-order valence-electron chi connectivity index (χ0n) is 41.6. The molecule has 0 radical (unpaired) electrons. The molecule has 22 nitrogen and oxygen atoms in total. The number of anilines is 1. The third kappa shape index (κ3) is 12.6. The summed E-state index contributed by atoms with van der Waals surface area (Å²) in [6.07, 6.45) is -0.471. The first-order valence-electron chi connectivity index (χ1n) is 23.3. The van der Waals surface area contributed by atoms with Crippen molar-refractivity contribution in [3.63, 3.8) is 0 Å². The maximum atomic E-state index is 14.2. The zero-order valence-corrected chi connectivity index (χ0v) is 47.3. The minimum absolute atomic E-state index is 0.00261. The van der Waals surface area contributed by atoms with Gasteiger partial charge in [-0.25, -0.2) is 43.3 Å². The summed E-state index contributed by atoms with van der Waals surface area (Å²) in [7, 11) is -0.693. The van der Waals surface area contributed by atoms with Gasteiger partial charge in [0, 0.05) is 46.1 Å². The lowest BCUT2D eigenvalue weighted by Gasteiger charge is -2.23. The Hall–Kier alpha value is -6.83. The van der Waals surface area contributed by atoms with Gasteiger partial charge in [-0.15, -0.1) is 68.0 Å². The molecule has 77 heavy (non-hydrogen) atoms. The second-order valence-corrected chi connectivity index (χ2v) is 25.1. The van der Waals surface area contributed by atoms with Gasteiger partial charge in [0.1, 0.15) is 76.4 Å². The van der Waals surface area contributed by atoms with Crippen molar-refractivity contribution in [3.05, 3.63) is 111 Å². The van der Waals surface area contributed by atoms with Gasteiger partial charge in [0.15, 0.2) is 5.82 Å². The average Bonchev–Trinajstić information content (AvgIpc) is 4.31. The van der Waals surface area contributed by atoms with Crippen LogP contribution in [-0.4, -0.2) is 105 Å². The van der Waals surface area contributed by atoms with Crippen molar-refractivity contribution in [3.8, 4) is 43.4 Å². The SMILES string of the molecule is CNC(=O)C[C@@H]1NC(=O)c2csc(n2)-c2ccc(-c3nc(NS(C)(=O)=O)cs3)nc2-c2csc(n2)-c2csc(n2)[C@H]([C@@H](O)c2ccccc2)NC(=O)CNC(=O)c2nc(sc2COC)C(C(C)C)NC(=O)c2nc1sc2C. The Labute approximate surface area is 464 Å². The van der Waals surface area contributed by atoms with Crippen molar-refractivity contribution in [1.29, 1.82) is 0 Å². The Kier molecular flexibility index (Phi) is 16.7. The Morgan fingerprint density at radius 3 is 2.17 bits per heavy atom. The molecule has 7 N–H and O–H groups in total. The van der Waals surface area contributed by atoms with Crippen LogP contribution in [0, 0.1) is 12.8 Å². The molecule has 29 heteroatoms. The van der Waals surface area contributed by atoms with E-state index < -0.39 is 70.3 Å². The van der Waals surface area contributed by atoms with Gasteiger partial charge in [-0.1, -0.05) is 44.2 Å². The number of hydrogen-bond acceptors (Lipinski definition) is 22. The summed E-state index contributed by atoms with van der Waals surface area (Å²) in [5.41, 5.74) is 2.61. The minimum atomic E-state index is -3.63. The Balaban J connectivity index is 1.14. The zero-order chi connectivity index (χ0) is 54.7. The monoisotopic (exact) mass is 1170 g/mol. The summed E-state index contributed by atoms with van der Waals surface area (Å²) in [4.78, 5) is 103. The van der Waals surface area contributed by atoms with Gasteiger partial charge in [0.05, 0.1) is 48.5 Å². The lowest BCUT2D eigenvalue weighted by molar-refractivity contribution is -0.122. The van der Waals surface area contributed by atoms with Gasteiger partial charge >= 0.3 is 0 Å². The van der Waals surface area contributed by atoms with Crippen LogP contribution in [0.2, 0.25) is 0 Å². The molecule has 7 aromatic heterocycles. The van der Waals surface area contributed by atoms with Crippen LogP contribution in [0.3, 0.4) is 0 Å². The lowest BCUT2D eigenvalue weighted by atomic mass is 10.0. The number of sulfonamides is 1. The Bertz CT molecular complexity index is 3620. The molecule has 0 saturated carbocycles. The highest BCUT2D eigenvalue weighted by Crippen LogP contribution is 2.40. The number of nitrogens with zero attached hydrogens (tertiary/aromatic N) is 7. The van der Waals surface area contributed by atoms with Crippen LogP contribution in [0.15, 0.2) is 64.0 Å². The number of carbonyl (C=O) groups is 5. The number of ether oxygens (including phenoxy) is 1. The quantitative estimate of drug-likeness (QED) is 0.0751. The highest BCUT2D eigenvalue weighted by Gasteiger charge is 2.33. The molecule has 400 valence electrons. The van der Waals surface area contributed by atoms with E-state index in [1.54, 1.807) is 70.9 Å². The fourth-order valence-electron chi connectivity index (χ4n) is 7.82. The van der Waals surface area contributed by atoms with Gasteiger partial charge in [0.25, 0.3) is 17.7 Å². The van der Waals surface area contributed by atoms with Crippen LogP contribution in [0.1, 0.15) is 106 Å². The Morgan fingerprint density at radius 2 is 1.43 bits per heavy atom. The largest absolute Gasteiger partial charge is 0.386 e. The highest BCUT2D eigenvalue weighted by molar-refractivity contribution is 7.92. The maximum Gasteiger partial charge on any atom is 0.271 e. The van der Waals surface area contributed by atoms with E-state index >= 15 is 0 Å². The van der Waals surface area contributed by atoms with E-state index in [2.05, 4.69) is 46.3 Å². The molecule has 8 heterocycles. The number of amides is 5. The number of aromatic nitrogens is 7. The smallest absolute Gasteiger partial charge is 0.271 e. The molecule has 0 fully saturated rings. The number of aliphatic hydroxyl groups excluding tert-OH is 1. The molecule has 4 atom stereocenters. The first kappa shape index (κ1) is 54.9. The van der Waals surface area contributed by atoms with Crippen LogP contribution in [0.25, 0.3) is 43.4 Å². The number of hydrogen-bond donors (Lipinski definition) is 7. The first-order chi connectivity index (χ1) is 36.9. The van der Waals surface area contributed by atoms with Gasteiger partial charge in [0.2, 0.25) is 21.8 Å². The van der Waals surface area contributed by atoms with Gasteiger partial charge < -0.3 is 36.4 Å². The van der Waals surface area contributed by atoms with Gasteiger partial charge in [-0.3, -0.25) is 28.7 Å². The second-order valence-electron chi connectivity index (χ2n) is 17.5. The van der Waals surface area contributed by atoms with Crippen molar-refractivity contribution < 1.29 is 42.2 Å². The molecule has 1 aliphatic heterocycles. The van der Waals surface area contributed by atoms with E-state index in [1.807, 2.05) is 13.8 Å². The van der Waals surface area contributed by atoms with Crippen molar-refractivity contribution in [2.24, 2.45) is 5.92 Å². The molecular weight excluding hydrogens is 1130 g/mol. The molecule has 9 rings (SSSR count). The summed E-state index contributed by atoms with van der Waals surface area (Å²) >= 11 is 7.07. The fourth-order valence-corrected chi connectivity index (χ4v) is 13.9. The molecule has 0 aliphatic carbocycles. The molecule has 0 saturated heterocycles. The van der Waals surface area contributed by atoms with E-state index in [-0.39, 0.29) is 46.9 Å². The normalized spacial score (nSPS) is 17.0. The maximum absolute atomic E-state index is 14.2. The number of aliphatic hydroxyl groups is 1. The van der Waals surface area contributed by atoms with Crippen molar-refractivity contribution >= 4 is 113 Å². The predicted molar refractivity (Wildman–Crippen MR) is 295 cm³/mol. The number of nitrogens with one attached hydrogen (secondary N) is 6. The molecule has 8 aromatic rings. The van der Waals surface area contributed by atoms with Gasteiger partial charge in [-0.05, 0) is 30.5 Å². The van der Waals surface area contributed by atoms with Crippen LogP contribution < -0.4 is 31.3 Å². The molecule has 5 amide bonds. The van der Waals surface area contributed by atoms with Crippen molar-refractivity contribution in [1.82, 2.24) is 61.5 Å². The Morgan fingerprint density at radius 1 is 0.727 bits per heavy atom. The third-order valence-corrected chi connectivity index (χ3v) is 17.8. The first-order valence-corrected chi connectivity index (χ1v) is 30.3. The number of rotatable bonds is 10. The lowest BCUT2D eigenvalue weighted by Crippen LogP contribution is -2.40. The molecule has 1 unspecified atom stereocenters. The topological polar surface area (TPSA) is 311 Å². The second kappa shape index (κ2) is 23.4. The number of benzene rings is 1. The van der Waals surface area contributed by atoms with Crippen LogP contribution in [0.5, 0.6) is 0 Å². The van der Waals surface area contributed by atoms with Crippen molar-refractivity contribution in [2.75, 3.05) is 31.7 Å². The standard InChI is InChI=1S/C48H47N13O9S7/c1-21(2)34-48-60-37(30(76-48)16-70-5)41(66)50-15-33(63)57-38(39(64)23-10-8-7-9-11-23)47-55-29(19-73-47)45-53-27(17-72-45)36-24(12-13-25(51-36)44-56-31(20-74-44)61-77(6,68)69)43-54-28(18-71-43)40(65)52-26(14-32(62)49-4)46-59-35(22(3)75-46)42(67)58-34/h7-13,17-21,26,34,38-39,61,64H,14-16H2,1-6H3,(H,49,62)(H,50,66)(H,52,65)(H,57,63)(H,58,67)/t26-,34?,38-,39-/m0/s1. The predicted octanol–water partition coefficient (Wildman–Crippen LogP) is 6.68. The third-order valence-electron chi connectivity index (χ3n) is 11.5. The summed E-state index contributed by atoms with van der Waals surface area (Å²) in [5, 5.41) is 34.8. The molecule has 0 spiro atoms. The van der Waals surface area contributed by atoms with Gasteiger partial charge in [-0.2, -0.15) is 0 Å². The van der Waals surface area contributed by atoms with E-state index in [1.165, 1.54) is 59.5 Å². The molecular formula is C48H47N13O9S7. The summed E-state index contributed by atoms with van der Waals surface area (Å²) in [6, 6.07) is 9.40. The number of fused-ring (bicyclic) bond motifs is 14. The van der Waals surface area contributed by atoms with E-state index in [4.69, 9.17) is 24.7 Å².